The molecule has 0 bridgehead atoms. The van der Waals surface area contributed by atoms with Crippen molar-refractivity contribution in [1.82, 2.24) is 9.36 Å². The molecule has 0 amide bonds. The highest BCUT2D eigenvalue weighted by atomic mass is 32.2. The van der Waals surface area contributed by atoms with Gasteiger partial charge >= 0.3 is 0 Å². The molecular weight excluding hydrogens is 316 g/mol. The number of hydrogen-bond donors (Lipinski definition) is 1. The molecule has 2 aromatic rings. The molecule has 1 aliphatic heterocycles. The number of nitrogen functional groups attached to an aromatic ring is 1. The van der Waals surface area contributed by atoms with Gasteiger partial charge in [-0.3, -0.25) is 0 Å². The van der Waals surface area contributed by atoms with Gasteiger partial charge in [0.1, 0.15) is 10.8 Å². The molecule has 3 heterocycles. The number of sulfone groups is 1. The minimum atomic E-state index is -2.89. The van der Waals surface area contributed by atoms with E-state index in [0.717, 1.165) is 21.3 Å². The van der Waals surface area contributed by atoms with Crippen molar-refractivity contribution in [3.63, 3.8) is 0 Å². The fourth-order valence-electron chi connectivity index (χ4n) is 2.14. The van der Waals surface area contributed by atoms with Gasteiger partial charge in [0.15, 0.2) is 9.84 Å². The lowest BCUT2D eigenvalue weighted by Gasteiger charge is -2.27. The zero-order chi connectivity index (χ0) is 14.3. The molecule has 2 N–H and O–H groups in total. The van der Waals surface area contributed by atoms with Gasteiger partial charge in [0.25, 0.3) is 0 Å². The molecule has 1 fully saturated rings. The Morgan fingerprint density at radius 2 is 2.05 bits per heavy atom. The van der Waals surface area contributed by atoms with Gasteiger partial charge in [-0.15, -0.1) is 11.3 Å². The van der Waals surface area contributed by atoms with E-state index in [1.807, 2.05) is 17.2 Å². The van der Waals surface area contributed by atoms with Crippen LogP contribution in [-0.4, -0.2) is 42.4 Å². The van der Waals surface area contributed by atoms with E-state index in [0.29, 0.717) is 18.9 Å². The fraction of sp³-hybridized carbons (Fsp3) is 0.455. The molecule has 20 heavy (non-hydrogen) atoms. The Balaban J connectivity index is 1.96. The van der Waals surface area contributed by atoms with Crippen LogP contribution in [0.25, 0.3) is 11.3 Å². The number of nitrogens with two attached hydrogens (primary N) is 1. The molecule has 108 valence electrons. The highest BCUT2D eigenvalue weighted by Gasteiger charge is 2.27. The third-order valence-electron chi connectivity index (χ3n) is 3.21. The van der Waals surface area contributed by atoms with E-state index in [1.165, 1.54) is 11.5 Å². The lowest BCUT2D eigenvalue weighted by molar-refractivity contribution is 0.587. The predicted molar refractivity (Wildman–Crippen MR) is 83.2 cm³/mol. The summed E-state index contributed by atoms with van der Waals surface area (Å²) in [5.41, 5.74) is 7.62. The van der Waals surface area contributed by atoms with E-state index in [2.05, 4.69) is 9.36 Å². The normalized spacial score (nSPS) is 18.4. The zero-order valence-corrected chi connectivity index (χ0v) is 13.3. The largest absolute Gasteiger partial charge is 0.382 e. The molecule has 0 radical (unpaired) electrons. The smallest absolute Gasteiger partial charge is 0.153 e. The van der Waals surface area contributed by atoms with Crippen LogP contribution in [0.5, 0.6) is 0 Å². The van der Waals surface area contributed by atoms with Gasteiger partial charge < -0.3 is 10.6 Å². The Kier molecular flexibility index (Phi) is 3.43. The average molecular weight is 330 g/mol. The maximum atomic E-state index is 11.5. The molecule has 1 aliphatic rings. The first-order chi connectivity index (χ1) is 9.46. The van der Waals surface area contributed by atoms with Crippen molar-refractivity contribution >= 4 is 43.5 Å². The van der Waals surface area contributed by atoms with Crippen molar-refractivity contribution in [2.75, 3.05) is 35.2 Å². The van der Waals surface area contributed by atoms with Crippen LogP contribution in [0, 0.1) is 6.92 Å². The summed E-state index contributed by atoms with van der Waals surface area (Å²) in [6, 6.07) is 0. The Bertz CT molecular complexity index is 721. The molecular formula is C11H14N4O2S3. The lowest BCUT2D eigenvalue weighted by Crippen LogP contribution is -2.40. The van der Waals surface area contributed by atoms with Crippen LogP contribution in [0.2, 0.25) is 0 Å². The van der Waals surface area contributed by atoms with Crippen LogP contribution in [0.1, 0.15) is 5.01 Å². The van der Waals surface area contributed by atoms with Gasteiger partial charge in [-0.05, 0) is 18.5 Å². The second kappa shape index (κ2) is 4.97. The first-order valence-corrected chi connectivity index (χ1v) is 9.57. The predicted octanol–water partition coefficient (Wildman–Crippen LogP) is 1.39. The number of hydrogen-bond acceptors (Lipinski definition) is 8. The van der Waals surface area contributed by atoms with E-state index in [1.54, 1.807) is 11.3 Å². The van der Waals surface area contributed by atoms with Crippen LogP contribution in [0.4, 0.5) is 10.8 Å². The highest BCUT2D eigenvalue weighted by molar-refractivity contribution is 7.91. The van der Waals surface area contributed by atoms with Gasteiger partial charge in [-0.25, -0.2) is 13.4 Å². The molecule has 0 unspecified atom stereocenters. The number of anilines is 2. The number of thiazole rings is 1. The van der Waals surface area contributed by atoms with Crippen molar-refractivity contribution < 1.29 is 8.42 Å². The minimum Gasteiger partial charge on any atom is -0.382 e. The molecule has 1 saturated heterocycles. The van der Waals surface area contributed by atoms with Crippen molar-refractivity contribution in [3.05, 3.63) is 10.4 Å². The van der Waals surface area contributed by atoms with Crippen LogP contribution in [0.15, 0.2) is 5.38 Å². The van der Waals surface area contributed by atoms with Crippen LogP contribution >= 0.6 is 22.9 Å². The van der Waals surface area contributed by atoms with Crippen LogP contribution in [-0.2, 0) is 9.84 Å². The van der Waals surface area contributed by atoms with E-state index in [4.69, 9.17) is 5.73 Å². The summed E-state index contributed by atoms with van der Waals surface area (Å²) in [5.74, 6) is 0.824. The van der Waals surface area contributed by atoms with Gasteiger partial charge in [0.2, 0.25) is 0 Å². The topological polar surface area (TPSA) is 89.2 Å². The lowest BCUT2D eigenvalue weighted by atomic mass is 10.2. The maximum Gasteiger partial charge on any atom is 0.153 e. The SMILES string of the molecule is Cc1nc(-c2c(N)nsc2N2CCS(=O)(=O)CC2)cs1. The number of aromatic nitrogens is 2. The summed E-state index contributed by atoms with van der Waals surface area (Å²) in [6.45, 7) is 2.91. The summed E-state index contributed by atoms with van der Waals surface area (Å²) in [6.07, 6.45) is 0. The molecule has 0 spiro atoms. The average Bonchev–Trinajstić information content (AvgIpc) is 2.96. The third-order valence-corrected chi connectivity index (χ3v) is 6.51. The van der Waals surface area contributed by atoms with E-state index < -0.39 is 9.84 Å². The van der Waals surface area contributed by atoms with Crippen molar-refractivity contribution in [3.8, 4) is 11.3 Å². The summed E-state index contributed by atoms with van der Waals surface area (Å²) < 4.78 is 27.2. The quantitative estimate of drug-likeness (QED) is 0.895. The Morgan fingerprint density at radius 1 is 1.35 bits per heavy atom. The second-order valence-corrected chi connectivity index (χ2v) is 8.76. The van der Waals surface area contributed by atoms with E-state index >= 15 is 0 Å². The molecule has 0 aliphatic carbocycles. The molecule has 0 aromatic carbocycles. The molecule has 2 aromatic heterocycles. The number of aryl methyl sites for hydroxylation is 1. The second-order valence-electron chi connectivity index (χ2n) is 4.64. The maximum absolute atomic E-state index is 11.5. The highest BCUT2D eigenvalue weighted by Crippen LogP contribution is 2.39. The van der Waals surface area contributed by atoms with Crippen molar-refractivity contribution in [2.24, 2.45) is 0 Å². The summed E-state index contributed by atoms with van der Waals surface area (Å²) in [4.78, 5) is 6.50. The van der Waals surface area contributed by atoms with E-state index in [-0.39, 0.29) is 11.5 Å². The fourth-order valence-corrected chi connectivity index (χ4v) is 4.82. The Labute approximate surface area is 125 Å². The van der Waals surface area contributed by atoms with Gasteiger partial charge in [-0.1, -0.05) is 0 Å². The van der Waals surface area contributed by atoms with Crippen molar-refractivity contribution in [2.45, 2.75) is 6.92 Å². The monoisotopic (exact) mass is 330 g/mol. The van der Waals surface area contributed by atoms with E-state index in [9.17, 15) is 8.42 Å². The Hall–Kier alpha value is -1.19. The molecule has 9 heteroatoms. The van der Waals surface area contributed by atoms with Gasteiger partial charge in [-0.2, -0.15) is 4.37 Å². The first kappa shape index (κ1) is 13.8. The molecule has 6 nitrogen and oxygen atoms in total. The molecule has 0 atom stereocenters. The molecule has 0 saturated carbocycles. The van der Waals surface area contributed by atoms with Gasteiger partial charge in [0.05, 0.1) is 27.8 Å². The first-order valence-electron chi connectivity index (χ1n) is 6.09. The number of rotatable bonds is 2. The standard InChI is InChI=1S/C11H14N4O2S3/c1-7-13-8(6-18-7)9-10(12)14-19-11(9)15-2-4-20(16,17)5-3-15/h6H,2-5H2,1H3,(H2,12,14). The summed E-state index contributed by atoms with van der Waals surface area (Å²) in [5, 5.41) is 3.85. The molecule has 3 rings (SSSR count). The summed E-state index contributed by atoms with van der Waals surface area (Å²) >= 11 is 2.87. The summed E-state index contributed by atoms with van der Waals surface area (Å²) in [7, 11) is -2.89. The Morgan fingerprint density at radius 3 is 2.65 bits per heavy atom. The van der Waals surface area contributed by atoms with Crippen LogP contribution < -0.4 is 10.6 Å². The minimum absolute atomic E-state index is 0.181. The third kappa shape index (κ3) is 2.52. The van der Waals surface area contributed by atoms with Gasteiger partial charge in [0, 0.05) is 18.5 Å². The van der Waals surface area contributed by atoms with Crippen molar-refractivity contribution in [1.29, 1.82) is 0 Å². The zero-order valence-electron chi connectivity index (χ0n) is 10.9. The number of nitrogens with zero attached hydrogens (tertiary/aromatic N) is 3. The van der Waals surface area contributed by atoms with Crippen LogP contribution in [0.3, 0.4) is 0 Å².